The van der Waals surface area contributed by atoms with Crippen LogP contribution in [0.3, 0.4) is 0 Å². The van der Waals surface area contributed by atoms with Gasteiger partial charge in [0.15, 0.2) is 0 Å². The van der Waals surface area contributed by atoms with Crippen molar-refractivity contribution in [3.63, 3.8) is 0 Å². The first-order valence-corrected chi connectivity index (χ1v) is 10.8. The quantitative estimate of drug-likeness (QED) is 0.393. The smallest absolute Gasteiger partial charge is 0.269 e. The molecule has 1 heterocycles. The Hall–Kier alpha value is -4.06. The second-order valence-corrected chi connectivity index (χ2v) is 8.25. The van der Waals surface area contributed by atoms with Crippen LogP contribution in [0.5, 0.6) is 0 Å². The molecule has 1 atom stereocenters. The topological polar surface area (TPSA) is 125 Å². The van der Waals surface area contributed by atoms with Crippen LogP contribution in [0.25, 0.3) is 0 Å². The van der Waals surface area contributed by atoms with E-state index in [0.29, 0.717) is 11.3 Å². The van der Waals surface area contributed by atoms with Crippen LogP contribution in [-0.2, 0) is 9.59 Å². The Morgan fingerprint density at radius 2 is 1.67 bits per heavy atom. The van der Waals surface area contributed by atoms with E-state index in [9.17, 15) is 24.5 Å². The van der Waals surface area contributed by atoms with Crippen molar-refractivity contribution < 1.29 is 19.3 Å². The number of nitriles is 1. The van der Waals surface area contributed by atoms with Crippen molar-refractivity contribution in [2.45, 2.75) is 50.6 Å². The van der Waals surface area contributed by atoms with E-state index in [1.165, 1.54) is 41.3 Å². The highest BCUT2D eigenvalue weighted by Gasteiger charge is 2.46. The third-order valence-electron chi connectivity index (χ3n) is 6.24. The van der Waals surface area contributed by atoms with Gasteiger partial charge in [-0.3, -0.25) is 24.5 Å². The second kappa shape index (κ2) is 9.20. The van der Waals surface area contributed by atoms with Gasteiger partial charge in [-0.05, 0) is 49.2 Å². The van der Waals surface area contributed by atoms with Gasteiger partial charge in [-0.2, -0.15) is 5.26 Å². The standard InChI is InChI=1S/C24H22N4O5/c25-15-16-6-10-19(11-7-16)27-22(29)14-21(24(27)31)26(18-4-2-1-3-5-18)23(30)17-8-12-20(13-9-17)28(32)33/h6-13,18,21H,1-5,14H2. The van der Waals surface area contributed by atoms with Crippen molar-refractivity contribution in [3.05, 3.63) is 69.8 Å². The van der Waals surface area contributed by atoms with Gasteiger partial charge in [0.25, 0.3) is 17.5 Å². The van der Waals surface area contributed by atoms with Crippen LogP contribution in [0.15, 0.2) is 48.5 Å². The van der Waals surface area contributed by atoms with Gasteiger partial charge in [0.1, 0.15) is 6.04 Å². The maximum Gasteiger partial charge on any atom is 0.269 e. The van der Waals surface area contributed by atoms with Gasteiger partial charge in [-0.25, -0.2) is 4.90 Å². The van der Waals surface area contributed by atoms with E-state index in [1.54, 1.807) is 12.1 Å². The van der Waals surface area contributed by atoms with Crippen molar-refractivity contribution >= 4 is 29.1 Å². The van der Waals surface area contributed by atoms with Crippen molar-refractivity contribution in [1.29, 1.82) is 5.26 Å². The number of hydrogen-bond donors (Lipinski definition) is 0. The van der Waals surface area contributed by atoms with Gasteiger partial charge in [0, 0.05) is 23.7 Å². The van der Waals surface area contributed by atoms with Crippen molar-refractivity contribution in [2.24, 2.45) is 0 Å². The van der Waals surface area contributed by atoms with Crippen LogP contribution in [0.1, 0.15) is 54.4 Å². The lowest BCUT2D eigenvalue weighted by atomic mass is 9.92. The van der Waals surface area contributed by atoms with Crippen molar-refractivity contribution in [2.75, 3.05) is 4.90 Å². The number of amides is 3. The number of nitrogens with zero attached hydrogens (tertiary/aromatic N) is 4. The average Bonchev–Trinajstić information content (AvgIpc) is 3.13. The molecule has 9 nitrogen and oxygen atoms in total. The Labute approximate surface area is 190 Å². The number of carbonyl (C=O) groups is 3. The molecule has 2 fully saturated rings. The molecule has 2 aromatic carbocycles. The molecular formula is C24H22N4O5. The van der Waals surface area contributed by atoms with Gasteiger partial charge in [-0.15, -0.1) is 0 Å². The van der Waals surface area contributed by atoms with Gasteiger partial charge < -0.3 is 4.90 Å². The maximum absolute atomic E-state index is 13.5. The number of non-ortho nitro benzene ring substituents is 1. The van der Waals surface area contributed by atoms with Crippen LogP contribution in [0.4, 0.5) is 11.4 Å². The normalized spacial score (nSPS) is 18.8. The number of anilines is 1. The fraction of sp³-hybridized carbons (Fsp3) is 0.333. The summed E-state index contributed by atoms with van der Waals surface area (Å²) in [5.41, 5.74) is 0.877. The molecule has 2 aliphatic rings. The van der Waals surface area contributed by atoms with Crippen LogP contribution in [0, 0.1) is 21.4 Å². The lowest BCUT2D eigenvalue weighted by molar-refractivity contribution is -0.384. The van der Waals surface area contributed by atoms with Gasteiger partial charge in [0.2, 0.25) is 5.91 Å². The monoisotopic (exact) mass is 446 g/mol. The highest BCUT2D eigenvalue weighted by molar-refractivity contribution is 6.23. The Bertz CT molecular complexity index is 1130. The number of imide groups is 1. The molecule has 1 saturated carbocycles. The Kier molecular flexibility index (Phi) is 6.18. The molecule has 33 heavy (non-hydrogen) atoms. The molecular weight excluding hydrogens is 424 g/mol. The van der Waals surface area contributed by atoms with E-state index in [2.05, 4.69) is 0 Å². The van der Waals surface area contributed by atoms with E-state index in [1.807, 2.05) is 6.07 Å². The minimum Gasteiger partial charge on any atom is -0.323 e. The SMILES string of the molecule is N#Cc1ccc(N2C(=O)CC(N(C(=O)c3ccc([N+](=O)[O-])cc3)C3CCCCC3)C2=O)cc1. The van der Waals surface area contributed by atoms with Crippen LogP contribution >= 0.6 is 0 Å². The lowest BCUT2D eigenvalue weighted by Gasteiger charge is -2.37. The van der Waals surface area contributed by atoms with E-state index in [-0.39, 0.29) is 23.7 Å². The molecule has 1 aliphatic heterocycles. The van der Waals surface area contributed by atoms with Crippen LogP contribution in [0.2, 0.25) is 0 Å². The molecule has 0 N–H and O–H groups in total. The molecule has 4 rings (SSSR count). The Morgan fingerprint density at radius 1 is 1.03 bits per heavy atom. The zero-order chi connectivity index (χ0) is 23.5. The van der Waals surface area contributed by atoms with Crippen molar-refractivity contribution in [1.82, 2.24) is 4.90 Å². The molecule has 0 spiro atoms. The zero-order valence-electron chi connectivity index (χ0n) is 17.8. The molecule has 1 unspecified atom stereocenters. The van der Waals surface area contributed by atoms with E-state index in [4.69, 9.17) is 5.26 Å². The molecule has 1 saturated heterocycles. The summed E-state index contributed by atoms with van der Waals surface area (Å²) in [6, 6.07) is 12.3. The van der Waals surface area contributed by atoms with Crippen molar-refractivity contribution in [3.8, 4) is 6.07 Å². The molecule has 168 valence electrons. The van der Waals surface area contributed by atoms with Crippen LogP contribution < -0.4 is 4.90 Å². The molecule has 0 radical (unpaired) electrons. The Balaban J connectivity index is 1.66. The number of nitro benzene ring substituents is 1. The van der Waals surface area contributed by atoms with E-state index >= 15 is 0 Å². The Morgan fingerprint density at radius 3 is 2.24 bits per heavy atom. The van der Waals surface area contributed by atoms with E-state index in [0.717, 1.165) is 37.0 Å². The largest absolute Gasteiger partial charge is 0.323 e. The van der Waals surface area contributed by atoms with Gasteiger partial charge >= 0.3 is 0 Å². The summed E-state index contributed by atoms with van der Waals surface area (Å²) in [6.45, 7) is 0. The zero-order valence-corrected chi connectivity index (χ0v) is 17.8. The first-order chi connectivity index (χ1) is 15.9. The molecule has 3 amide bonds. The lowest BCUT2D eigenvalue weighted by Crippen LogP contribution is -2.51. The summed E-state index contributed by atoms with van der Waals surface area (Å²) >= 11 is 0. The summed E-state index contributed by atoms with van der Waals surface area (Å²) in [5.74, 6) is -1.30. The second-order valence-electron chi connectivity index (χ2n) is 8.25. The summed E-state index contributed by atoms with van der Waals surface area (Å²) in [6.07, 6.45) is 4.21. The number of benzene rings is 2. The third-order valence-corrected chi connectivity index (χ3v) is 6.24. The number of rotatable bonds is 5. The fourth-order valence-corrected chi connectivity index (χ4v) is 4.59. The third kappa shape index (κ3) is 4.32. The highest BCUT2D eigenvalue weighted by atomic mass is 16.6. The van der Waals surface area contributed by atoms with Gasteiger partial charge in [-0.1, -0.05) is 19.3 Å². The first-order valence-electron chi connectivity index (χ1n) is 10.8. The predicted molar refractivity (Wildman–Crippen MR) is 118 cm³/mol. The average molecular weight is 446 g/mol. The van der Waals surface area contributed by atoms with Gasteiger partial charge in [0.05, 0.1) is 28.7 Å². The summed E-state index contributed by atoms with van der Waals surface area (Å²) in [5, 5.41) is 20.0. The number of nitro groups is 1. The maximum atomic E-state index is 13.5. The summed E-state index contributed by atoms with van der Waals surface area (Å²) < 4.78 is 0. The number of hydrogen-bond acceptors (Lipinski definition) is 6. The molecule has 9 heteroatoms. The molecule has 2 aromatic rings. The number of carbonyl (C=O) groups excluding carboxylic acids is 3. The summed E-state index contributed by atoms with van der Waals surface area (Å²) in [7, 11) is 0. The van der Waals surface area contributed by atoms with E-state index < -0.39 is 28.7 Å². The molecule has 0 bridgehead atoms. The minimum atomic E-state index is -0.945. The minimum absolute atomic E-state index is 0.130. The molecule has 1 aliphatic carbocycles. The summed E-state index contributed by atoms with van der Waals surface area (Å²) in [4.78, 5) is 52.8. The highest BCUT2D eigenvalue weighted by Crippen LogP contribution is 2.32. The van der Waals surface area contributed by atoms with Crippen LogP contribution in [-0.4, -0.2) is 39.6 Å². The molecule has 0 aromatic heterocycles. The first kappa shape index (κ1) is 22.1. The fourth-order valence-electron chi connectivity index (χ4n) is 4.59. The predicted octanol–water partition coefficient (Wildman–Crippen LogP) is 3.57.